The predicted octanol–water partition coefficient (Wildman–Crippen LogP) is 1.29. The second-order valence-electron chi connectivity index (χ2n) is 6.80. The number of nitrogens with one attached hydrogen (secondary N) is 1. The number of aromatic nitrogens is 4. The van der Waals surface area contributed by atoms with Crippen molar-refractivity contribution in [3.05, 3.63) is 34.9 Å². The van der Waals surface area contributed by atoms with Gasteiger partial charge in [0.2, 0.25) is 0 Å². The molecule has 31 heavy (non-hydrogen) atoms. The van der Waals surface area contributed by atoms with Gasteiger partial charge in [0.05, 0.1) is 24.2 Å². The summed E-state index contributed by atoms with van der Waals surface area (Å²) in [5.41, 5.74) is 12.7. The Balaban J connectivity index is 1.54. The number of ether oxygens (including phenoxy) is 2. The van der Waals surface area contributed by atoms with Gasteiger partial charge >= 0.3 is 5.97 Å². The van der Waals surface area contributed by atoms with Crippen LogP contribution in [0.15, 0.2) is 18.2 Å². The van der Waals surface area contributed by atoms with Gasteiger partial charge in [-0.3, -0.25) is 4.79 Å². The largest absolute Gasteiger partial charge is 0.479 e. The summed E-state index contributed by atoms with van der Waals surface area (Å²) >= 11 is 5.84. The second kappa shape index (κ2) is 8.26. The number of nitrogens with two attached hydrogens (primary N) is 2. The summed E-state index contributed by atoms with van der Waals surface area (Å²) in [6.45, 7) is 3.04. The van der Waals surface area contributed by atoms with Gasteiger partial charge in [0.25, 0.3) is 5.91 Å². The first kappa shape index (κ1) is 20.7. The molecule has 1 aliphatic heterocycles. The van der Waals surface area contributed by atoms with Crippen molar-refractivity contribution in [1.29, 1.82) is 0 Å². The highest BCUT2D eigenvalue weighted by Gasteiger charge is 2.28. The van der Waals surface area contributed by atoms with Crippen LogP contribution in [0.4, 0.5) is 11.6 Å². The van der Waals surface area contributed by atoms with E-state index in [9.17, 15) is 9.59 Å². The van der Waals surface area contributed by atoms with E-state index in [1.54, 1.807) is 12.1 Å². The molecule has 0 aliphatic carbocycles. The fraction of sp³-hybridized carbons (Fsp3) is 0.316. The van der Waals surface area contributed by atoms with E-state index in [4.69, 9.17) is 32.5 Å². The van der Waals surface area contributed by atoms with Gasteiger partial charge in [-0.15, -0.1) is 0 Å². The molecule has 1 amide bonds. The second-order valence-corrected chi connectivity index (χ2v) is 7.16. The Morgan fingerprint density at radius 3 is 2.84 bits per heavy atom. The number of cyclic esters (lactones) is 1. The highest BCUT2D eigenvalue weighted by atomic mass is 35.5. The smallest absolute Gasteiger partial charge is 0.347 e. The van der Waals surface area contributed by atoms with Crippen molar-refractivity contribution in [1.82, 2.24) is 24.8 Å². The molecule has 5 N–H and O–H groups in total. The Bertz CT molecular complexity index is 1180. The first-order valence-corrected chi connectivity index (χ1v) is 9.94. The van der Waals surface area contributed by atoms with Crippen molar-refractivity contribution in [2.45, 2.75) is 32.5 Å². The van der Waals surface area contributed by atoms with Gasteiger partial charge in [-0.1, -0.05) is 11.6 Å². The van der Waals surface area contributed by atoms with Crippen molar-refractivity contribution < 1.29 is 19.1 Å². The Kier molecular flexibility index (Phi) is 5.51. The highest BCUT2D eigenvalue weighted by molar-refractivity contribution is 6.31. The summed E-state index contributed by atoms with van der Waals surface area (Å²) in [5.74, 6) is 0.0865. The lowest BCUT2D eigenvalue weighted by Gasteiger charge is -2.11. The number of imidazole rings is 1. The fourth-order valence-electron chi connectivity index (χ4n) is 3.31. The topological polar surface area (TPSA) is 160 Å². The normalized spacial score (nSPS) is 15.8. The van der Waals surface area contributed by atoms with E-state index in [0.29, 0.717) is 31.1 Å². The number of halogens is 1. The van der Waals surface area contributed by atoms with Crippen LogP contribution in [-0.2, 0) is 22.6 Å². The first-order chi connectivity index (χ1) is 14.9. The minimum Gasteiger partial charge on any atom is -0.479 e. The van der Waals surface area contributed by atoms with Crippen molar-refractivity contribution in [3.63, 3.8) is 0 Å². The standard InChI is InChI=1S/C19H20ClN7O4/c1-2-27-11-7-9(31-12-5-6-30-19(12)29)3-4-10(11)24-13(27)8-23-18(28)14-16(21)26-17(22)15(20)25-14/h3-4,7,12H,2,5-6,8H2,1H3,(H,23,28)(H4,21,22,26). The van der Waals surface area contributed by atoms with Crippen LogP contribution < -0.4 is 21.5 Å². The number of aryl methyl sites for hydroxylation is 1. The molecule has 162 valence electrons. The number of hydrogen-bond donors (Lipinski definition) is 3. The summed E-state index contributed by atoms with van der Waals surface area (Å²) in [6, 6.07) is 5.35. The Morgan fingerprint density at radius 1 is 1.32 bits per heavy atom. The van der Waals surface area contributed by atoms with E-state index in [2.05, 4.69) is 20.3 Å². The molecule has 11 nitrogen and oxygen atoms in total. The van der Waals surface area contributed by atoms with Gasteiger partial charge < -0.3 is 30.8 Å². The molecule has 3 aromatic rings. The van der Waals surface area contributed by atoms with Crippen molar-refractivity contribution in [2.75, 3.05) is 18.1 Å². The molecule has 1 atom stereocenters. The molecule has 1 saturated heterocycles. The molecule has 1 unspecified atom stereocenters. The molecule has 0 spiro atoms. The number of benzene rings is 1. The van der Waals surface area contributed by atoms with Crippen molar-refractivity contribution in [3.8, 4) is 5.75 Å². The molecule has 1 aliphatic rings. The molecule has 1 aromatic carbocycles. The zero-order valence-corrected chi connectivity index (χ0v) is 17.3. The van der Waals surface area contributed by atoms with E-state index < -0.39 is 12.0 Å². The molecule has 0 saturated carbocycles. The lowest BCUT2D eigenvalue weighted by atomic mass is 10.2. The number of fused-ring (bicyclic) bond motifs is 1. The number of hydrogen-bond acceptors (Lipinski definition) is 9. The molecule has 1 fully saturated rings. The number of rotatable bonds is 6. The van der Waals surface area contributed by atoms with Gasteiger partial charge in [-0.2, -0.15) is 0 Å². The van der Waals surface area contributed by atoms with Gasteiger partial charge in [0, 0.05) is 19.0 Å². The molecule has 0 radical (unpaired) electrons. The Labute approximate surface area is 181 Å². The average Bonchev–Trinajstić information content (AvgIpc) is 3.31. The van der Waals surface area contributed by atoms with Crippen LogP contribution >= 0.6 is 11.6 Å². The van der Waals surface area contributed by atoms with Crippen molar-refractivity contribution in [2.24, 2.45) is 0 Å². The van der Waals surface area contributed by atoms with Crippen LogP contribution in [0.25, 0.3) is 11.0 Å². The van der Waals surface area contributed by atoms with E-state index >= 15 is 0 Å². The summed E-state index contributed by atoms with van der Waals surface area (Å²) < 4.78 is 12.6. The van der Waals surface area contributed by atoms with Crippen LogP contribution in [0.1, 0.15) is 29.7 Å². The third-order valence-corrected chi connectivity index (χ3v) is 5.09. The quantitative estimate of drug-likeness (QED) is 0.474. The Hall–Kier alpha value is -3.60. The van der Waals surface area contributed by atoms with E-state index in [-0.39, 0.29) is 35.0 Å². The molecule has 2 aromatic heterocycles. The molecular weight excluding hydrogens is 426 g/mol. The maximum Gasteiger partial charge on any atom is 0.347 e. The van der Waals surface area contributed by atoms with Gasteiger partial charge in [0.1, 0.15) is 11.6 Å². The third-order valence-electron chi connectivity index (χ3n) is 4.81. The minimum atomic E-state index is -0.604. The van der Waals surface area contributed by atoms with Crippen LogP contribution in [0.2, 0.25) is 5.15 Å². The summed E-state index contributed by atoms with van der Waals surface area (Å²) in [5, 5.41) is 2.62. The summed E-state index contributed by atoms with van der Waals surface area (Å²) in [4.78, 5) is 36.4. The van der Waals surface area contributed by atoms with Gasteiger partial charge in [0.15, 0.2) is 28.6 Å². The van der Waals surface area contributed by atoms with E-state index in [1.165, 1.54) is 0 Å². The SMILES string of the molecule is CCn1c(CNC(=O)c2nc(Cl)c(N)nc2N)nc2ccc(OC3CCOC3=O)cc21. The number of carbonyl (C=O) groups excluding carboxylic acids is 2. The number of amides is 1. The van der Waals surface area contributed by atoms with E-state index in [1.807, 2.05) is 17.6 Å². The first-order valence-electron chi connectivity index (χ1n) is 9.56. The van der Waals surface area contributed by atoms with Crippen LogP contribution in [-0.4, -0.2) is 44.1 Å². The van der Waals surface area contributed by atoms with Gasteiger partial charge in [-0.25, -0.2) is 19.7 Å². The van der Waals surface area contributed by atoms with Crippen LogP contribution in [0.5, 0.6) is 5.75 Å². The van der Waals surface area contributed by atoms with E-state index in [0.717, 1.165) is 11.0 Å². The molecule has 0 bridgehead atoms. The lowest BCUT2D eigenvalue weighted by Crippen LogP contribution is -2.27. The monoisotopic (exact) mass is 445 g/mol. The average molecular weight is 446 g/mol. The lowest BCUT2D eigenvalue weighted by molar-refractivity contribution is -0.143. The maximum absolute atomic E-state index is 12.5. The highest BCUT2D eigenvalue weighted by Crippen LogP contribution is 2.25. The third kappa shape index (κ3) is 4.04. The number of carbonyl (C=O) groups is 2. The zero-order valence-electron chi connectivity index (χ0n) is 16.6. The molecule has 12 heteroatoms. The number of anilines is 2. The maximum atomic E-state index is 12.5. The van der Waals surface area contributed by atoms with Gasteiger partial charge in [-0.05, 0) is 19.1 Å². The zero-order chi connectivity index (χ0) is 22.1. The summed E-state index contributed by atoms with van der Waals surface area (Å²) in [7, 11) is 0. The number of nitrogen functional groups attached to an aromatic ring is 2. The van der Waals surface area contributed by atoms with Crippen LogP contribution in [0.3, 0.4) is 0 Å². The molecule has 4 rings (SSSR count). The van der Waals surface area contributed by atoms with Crippen LogP contribution in [0, 0.1) is 0 Å². The predicted molar refractivity (Wildman–Crippen MR) is 112 cm³/mol. The fourth-order valence-corrected chi connectivity index (χ4v) is 3.44. The Morgan fingerprint density at radius 2 is 2.13 bits per heavy atom. The minimum absolute atomic E-state index is 0.0487. The van der Waals surface area contributed by atoms with Crippen molar-refractivity contribution >= 4 is 46.1 Å². The molecule has 3 heterocycles. The number of nitrogens with zero attached hydrogens (tertiary/aromatic N) is 4. The summed E-state index contributed by atoms with van der Waals surface area (Å²) in [6.07, 6.45) is -0.0879. The number of esters is 1. The molecular formula is C19H20ClN7O4.